The Hall–Kier alpha value is -2.13. The maximum Gasteiger partial charge on any atom is 0.116 e. The van der Waals surface area contributed by atoms with Crippen LogP contribution in [0.15, 0.2) is 70.2 Å². The third kappa shape index (κ3) is 4.56. The summed E-state index contributed by atoms with van der Waals surface area (Å²) in [5, 5.41) is 21.2. The van der Waals surface area contributed by atoms with Gasteiger partial charge in [-0.15, -0.1) is 0 Å². The van der Waals surface area contributed by atoms with E-state index in [-0.39, 0.29) is 11.4 Å². The Labute approximate surface area is 183 Å². The molecule has 0 amide bonds. The van der Waals surface area contributed by atoms with E-state index in [1.807, 2.05) is 60.7 Å². The SMILES string of the molecule is N#Cc1c(-c2ccccc2)cc(-c2ccc(Br)cc2)nc1SC1CCCCC1O. The molecule has 1 fully saturated rings. The topological polar surface area (TPSA) is 56.9 Å². The van der Waals surface area contributed by atoms with Gasteiger partial charge in [0.05, 0.1) is 17.4 Å². The maximum absolute atomic E-state index is 10.5. The maximum atomic E-state index is 10.5. The predicted molar refractivity (Wildman–Crippen MR) is 122 cm³/mol. The fourth-order valence-electron chi connectivity index (χ4n) is 3.69. The molecule has 0 aliphatic heterocycles. The van der Waals surface area contributed by atoms with Crippen LogP contribution < -0.4 is 0 Å². The van der Waals surface area contributed by atoms with Crippen molar-refractivity contribution in [1.82, 2.24) is 4.98 Å². The van der Waals surface area contributed by atoms with Gasteiger partial charge in [-0.05, 0) is 36.6 Å². The molecular weight excluding hydrogens is 444 g/mol. The molecule has 29 heavy (non-hydrogen) atoms. The first-order valence-corrected chi connectivity index (χ1v) is 11.4. The second kappa shape index (κ2) is 9.13. The third-order valence-electron chi connectivity index (χ3n) is 5.25. The highest BCUT2D eigenvalue weighted by Gasteiger charge is 2.27. The first kappa shape index (κ1) is 20.2. The molecule has 2 atom stereocenters. The first-order valence-electron chi connectivity index (χ1n) is 9.77. The van der Waals surface area contributed by atoms with Crippen molar-refractivity contribution in [2.24, 2.45) is 0 Å². The molecule has 4 rings (SSSR count). The van der Waals surface area contributed by atoms with E-state index in [4.69, 9.17) is 4.98 Å². The molecule has 0 spiro atoms. The van der Waals surface area contributed by atoms with Gasteiger partial charge in [0.2, 0.25) is 0 Å². The lowest BCUT2D eigenvalue weighted by Crippen LogP contribution is -2.27. The van der Waals surface area contributed by atoms with Crippen molar-refractivity contribution in [1.29, 1.82) is 5.26 Å². The molecule has 1 aromatic heterocycles. The number of halogens is 1. The zero-order valence-corrected chi connectivity index (χ0v) is 18.3. The monoisotopic (exact) mass is 464 g/mol. The van der Waals surface area contributed by atoms with Gasteiger partial charge in [0, 0.05) is 20.8 Å². The number of aliphatic hydroxyl groups excluding tert-OH is 1. The fourth-order valence-corrected chi connectivity index (χ4v) is 5.24. The zero-order chi connectivity index (χ0) is 20.2. The molecule has 5 heteroatoms. The first-order chi connectivity index (χ1) is 14.2. The van der Waals surface area contributed by atoms with E-state index in [1.165, 1.54) is 0 Å². The molecule has 3 nitrogen and oxygen atoms in total. The molecule has 2 aromatic carbocycles. The van der Waals surface area contributed by atoms with Crippen LogP contribution in [0, 0.1) is 11.3 Å². The summed E-state index contributed by atoms with van der Waals surface area (Å²) in [7, 11) is 0. The molecule has 2 unspecified atom stereocenters. The van der Waals surface area contributed by atoms with Crippen molar-refractivity contribution in [2.75, 3.05) is 0 Å². The lowest BCUT2D eigenvalue weighted by molar-refractivity contribution is 0.137. The standard InChI is InChI=1S/C24H21BrN2OS/c25-18-12-10-17(11-13-18)21-14-19(16-6-2-1-3-7-16)20(15-26)24(27-21)29-23-9-5-4-8-22(23)28/h1-3,6-7,10-14,22-23,28H,4-5,8-9H2. The Morgan fingerprint density at radius 3 is 2.41 bits per heavy atom. The molecule has 146 valence electrons. The second-order valence-corrected chi connectivity index (χ2v) is 9.37. The van der Waals surface area contributed by atoms with Gasteiger partial charge < -0.3 is 5.11 Å². The normalized spacial score (nSPS) is 18.9. The van der Waals surface area contributed by atoms with Crippen molar-refractivity contribution in [3.05, 3.63) is 70.7 Å². The minimum absolute atomic E-state index is 0.0761. The summed E-state index contributed by atoms with van der Waals surface area (Å²) in [6.07, 6.45) is 3.58. The molecule has 0 radical (unpaired) electrons. The quantitative estimate of drug-likeness (QED) is 0.482. The van der Waals surface area contributed by atoms with E-state index >= 15 is 0 Å². The number of aromatic nitrogens is 1. The van der Waals surface area contributed by atoms with Crippen LogP contribution in [0.2, 0.25) is 0 Å². The van der Waals surface area contributed by atoms with Gasteiger partial charge in [-0.25, -0.2) is 4.98 Å². The highest BCUT2D eigenvalue weighted by atomic mass is 79.9. The summed E-state index contributed by atoms with van der Waals surface area (Å²) in [6.45, 7) is 0. The van der Waals surface area contributed by atoms with Crippen molar-refractivity contribution in [3.63, 3.8) is 0 Å². The van der Waals surface area contributed by atoms with Crippen molar-refractivity contribution >= 4 is 27.7 Å². The van der Waals surface area contributed by atoms with E-state index < -0.39 is 0 Å². The predicted octanol–water partition coefficient (Wildman–Crippen LogP) is 6.45. The number of thioether (sulfide) groups is 1. The average Bonchev–Trinajstić information content (AvgIpc) is 2.76. The summed E-state index contributed by atoms with van der Waals surface area (Å²) in [4.78, 5) is 4.87. The number of aliphatic hydroxyl groups is 1. The van der Waals surface area contributed by atoms with Gasteiger partial charge in [-0.1, -0.05) is 83.0 Å². The zero-order valence-electron chi connectivity index (χ0n) is 15.9. The minimum atomic E-state index is -0.349. The Kier molecular flexibility index (Phi) is 6.34. The van der Waals surface area contributed by atoms with Crippen LogP contribution in [0.1, 0.15) is 31.2 Å². The number of hydrogen-bond donors (Lipinski definition) is 1. The van der Waals surface area contributed by atoms with Gasteiger partial charge in [0.25, 0.3) is 0 Å². The molecule has 1 aliphatic carbocycles. The van der Waals surface area contributed by atoms with Crippen molar-refractivity contribution in [2.45, 2.75) is 42.1 Å². The van der Waals surface area contributed by atoms with Crippen LogP contribution in [0.3, 0.4) is 0 Å². The number of rotatable bonds is 4. The number of benzene rings is 2. The second-order valence-electron chi connectivity index (χ2n) is 7.23. The minimum Gasteiger partial charge on any atom is -0.392 e. The molecule has 0 bridgehead atoms. The van der Waals surface area contributed by atoms with E-state index in [1.54, 1.807) is 11.8 Å². The lowest BCUT2D eigenvalue weighted by Gasteiger charge is -2.27. The molecule has 1 aliphatic rings. The summed E-state index contributed by atoms with van der Waals surface area (Å²) >= 11 is 5.04. The molecule has 0 saturated heterocycles. The Balaban J connectivity index is 1.84. The summed E-state index contributed by atoms with van der Waals surface area (Å²) in [5.74, 6) is 0. The highest BCUT2D eigenvalue weighted by molar-refractivity contribution is 9.10. The van der Waals surface area contributed by atoms with Gasteiger partial charge in [0.15, 0.2) is 0 Å². The van der Waals surface area contributed by atoms with E-state index in [9.17, 15) is 10.4 Å². The smallest absolute Gasteiger partial charge is 0.116 e. The summed E-state index contributed by atoms with van der Waals surface area (Å²) < 4.78 is 1.01. The van der Waals surface area contributed by atoms with Crippen LogP contribution in [0.4, 0.5) is 0 Å². The van der Waals surface area contributed by atoms with Crippen molar-refractivity contribution in [3.8, 4) is 28.5 Å². The molecule has 1 saturated carbocycles. The van der Waals surface area contributed by atoms with Gasteiger partial charge >= 0.3 is 0 Å². The van der Waals surface area contributed by atoms with Gasteiger partial charge in [-0.2, -0.15) is 5.26 Å². The number of pyridine rings is 1. The van der Waals surface area contributed by atoms with Crippen molar-refractivity contribution < 1.29 is 5.11 Å². The number of hydrogen-bond acceptors (Lipinski definition) is 4. The van der Waals surface area contributed by atoms with E-state index in [0.29, 0.717) is 10.6 Å². The molecular formula is C24H21BrN2OS. The van der Waals surface area contributed by atoms with Gasteiger partial charge in [0.1, 0.15) is 11.1 Å². The molecule has 1 heterocycles. The summed E-state index contributed by atoms with van der Waals surface area (Å²) in [6, 6.07) is 22.4. The highest BCUT2D eigenvalue weighted by Crippen LogP contribution is 2.39. The molecule has 1 N–H and O–H groups in total. The van der Waals surface area contributed by atoms with Crippen LogP contribution in [0.25, 0.3) is 22.4 Å². The number of nitrogens with zero attached hydrogens (tertiary/aromatic N) is 2. The van der Waals surface area contributed by atoms with E-state index in [2.05, 4.69) is 22.0 Å². The van der Waals surface area contributed by atoms with E-state index in [0.717, 1.165) is 52.5 Å². The average molecular weight is 465 g/mol. The molecule has 3 aromatic rings. The van der Waals surface area contributed by atoms with Crippen LogP contribution in [-0.2, 0) is 0 Å². The summed E-state index contributed by atoms with van der Waals surface area (Å²) in [5.41, 5.74) is 4.30. The Bertz CT molecular complexity index is 1030. The largest absolute Gasteiger partial charge is 0.392 e. The number of nitriles is 1. The van der Waals surface area contributed by atoms with Gasteiger partial charge in [-0.3, -0.25) is 0 Å². The lowest BCUT2D eigenvalue weighted by atomic mass is 9.97. The van der Waals surface area contributed by atoms with Crippen LogP contribution in [0.5, 0.6) is 0 Å². The Morgan fingerprint density at radius 2 is 1.72 bits per heavy atom. The van der Waals surface area contributed by atoms with Crippen LogP contribution in [-0.4, -0.2) is 21.4 Å². The third-order valence-corrected chi connectivity index (χ3v) is 7.15. The Morgan fingerprint density at radius 1 is 1.00 bits per heavy atom. The van der Waals surface area contributed by atoms with Crippen LogP contribution >= 0.6 is 27.7 Å². The fraction of sp³-hybridized carbons (Fsp3) is 0.250.